The van der Waals surface area contributed by atoms with E-state index in [1.54, 1.807) is 0 Å². The van der Waals surface area contributed by atoms with Crippen molar-refractivity contribution < 1.29 is 4.52 Å². The van der Waals surface area contributed by atoms with Crippen LogP contribution in [-0.4, -0.2) is 18.7 Å². The van der Waals surface area contributed by atoms with Gasteiger partial charge in [0.05, 0.1) is 6.07 Å². The Kier molecular flexibility index (Phi) is 1.80. The van der Waals surface area contributed by atoms with Crippen LogP contribution in [0, 0.1) is 0 Å². The van der Waals surface area contributed by atoms with Crippen molar-refractivity contribution in [1.82, 2.24) is 5.16 Å². The van der Waals surface area contributed by atoms with Crippen molar-refractivity contribution in [3.05, 3.63) is 16.5 Å². The van der Waals surface area contributed by atoms with E-state index in [1.807, 2.05) is 18.9 Å². The van der Waals surface area contributed by atoms with Crippen molar-refractivity contribution in [2.24, 2.45) is 0 Å². The molecule has 1 aromatic heterocycles. The first-order chi connectivity index (χ1) is 4.74. The number of hydrogen-bond acceptors (Lipinski definition) is 3. The number of nitrogens with zero attached hydrogens (tertiary/aromatic N) is 1. The van der Waals surface area contributed by atoms with Crippen LogP contribution in [0.3, 0.4) is 0 Å². The second-order valence-electron chi connectivity index (χ2n) is 2.07. The van der Waals surface area contributed by atoms with E-state index in [4.69, 9.17) is 0 Å². The highest BCUT2D eigenvalue weighted by atomic mass is 16.5. The average Bonchev–Trinajstić information content (AvgIpc) is 2.34. The SMILES string of the molecule is CCN(C)c1cc(=O)o[nH]1. The molecule has 1 N–H and O–H groups in total. The summed E-state index contributed by atoms with van der Waals surface area (Å²) in [7, 11) is 1.88. The molecule has 0 aliphatic heterocycles. The minimum Gasteiger partial charge on any atom is -0.359 e. The number of aromatic nitrogens is 1. The molecule has 4 nitrogen and oxygen atoms in total. The lowest BCUT2D eigenvalue weighted by Gasteiger charge is -2.11. The highest BCUT2D eigenvalue weighted by Gasteiger charge is 2.00. The van der Waals surface area contributed by atoms with E-state index in [0.717, 1.165) is 6.54 Å². The first-order valence-electron chi connectivity index (χ1n) is 3.13. The highest BCUT2D eigenvalue weighted by Crippen LogP contribution is 2.02. The molecule has 0 aliphatic rings. The smallest absolute Gasteiger partial charge is 0.359 e. The molecule has 0 atom stereocenters. The quantitative estimate of drug-likeness (QED) is 0.651. The Morgan fingerprint density at radius 2 is 2.50 bits per heavy atom. The third-order valence-corrected chi connectivity index (χ3v) is 1.40. The van der Waals surface area contributed by atoms with Gasteiger partial charge in [-0.25, -0.2) is 9.95 Å². The van der Waals surface area contributed by atoms with Crippen LogP contribution in [0.2, 0.25) is 0 Å². The Morgan fingerprint density at radius 1 is 1.80 bits per heavy atom. The van der Waals surface area contributed by atoms with E-state index >= 15 is 0 Å². The van der Waals surface area contributed by atoms with E-state index in [9.17, 15) is 4.79 Å². The van der Waals surface area contributed by atoms with Gasteiger partial charge in [0.25, 0.3) is 0 Å². The fourth-order valence-corrected chi connectivity index (χ4v) is 0.632. The first-order valence-corrected chi connectivity index (χ1v) is 3.13. The monoisotopic (exact) mass is 142 g/mol. The fourth-order valence-electron chi connectivity index (χ4n) is 0.632. The molecule has 1 rings (SSSR count). The van der Waals surface area contributed by atoms with Gasteiger partial charge in [0.15, 0.2) is 0 Å². The van der Waals surface area contributed by atoms with Crippen molar-refractivity contribution in [1.29, 1.82) is 0 Å². The number of anilines is 1. The van der Waals surface area contributed by atoms with Crippen molar-refractivity contribution in [2.45, 2.75) is 6.92 Å². The molecule has 0 saturated heterocycles. The van der Waals surface area contributed by atoms with E-state index in [2.05, 4.69) is 9.68 Å². The Balaban J connectivity index is 2.84. The van der Waals surface area contributed by atoms with Gasteiger partial charge in [0.2, 0.25) is 0 Å². The first kappa shape index (κ1) is 6.92. The van der Waals surface area contributed by atoms with Gasteiger partial charge in [-0.05, 0) is 6.92 Å². The Bertz CT molecular complexity index is 250. The van der Waals surface area contributed by atoms with Crippen molar-refractivity contribution >= 4 is 5.82 Å². The molecule has 0 aromatic carbocycles. The van der Waals surface area contributed by atoms with Crippen LogP contribution in [0.1, 0.15) is 6.92 Å². The largest absolute Gasteiger partial charge is 0.359 e. The van der Waals surface area contributed by atoms with Gasteiger partial charge in [0.1, 0.15) is 5.82 Å². The third-order valence-electron chi connectivity index (χ3n) is 1.40. The van der Waals surface area contributed by atoms with Gasteiger partial charge in [-0.15, -0.1) is 0 Å². The second kappa shape index (κ2) is 2.60. The molecule has 0 fully saturated rings. The summed E-state index contributed by atoms with van der Waals surface area (Å²) in [5.41, 5.74) is -0.338. The Labute approximate surface area is 58.4 Å². The molecule has 1 aromatic rings. The van der Waals surface area contributed by atoms with Crippen LogP contribution in [0.25, 0.3) is 0 Å². The summed E-state index contributed by atoms with van der Waals surface area (Å²) in [5, 5.41) is 2.49. The summed E-state index contributed by atoms with van der Waals surface area (Å²) < 4.78 is 4.47. The maximum Gasteiger partial charge on any atom is 0.359 e. The number of nitrogens with one attached hydrogen (secondary N) is 1. The summed E-state index contributed by atoms with van der Waals surface area (Å²) in [6, 6.07) is 1.42. The zero-order chi connectivity index (χ0) is 7.56. The van der Waals surface area contributed by atoms with Crippen molar-refractivity contribution in [2.75, 3.05) is 18.5 Å². The van der Waals surface area contributed by atoms with Crippen LogP contribution in [0.5, 0.6) is 0 Å². The lowest BCUT2D eigenvalue weighted by molar-refractivity contribution is 0.392. The van der Waals surface area contributed by atoms with Gasteiger partial charge >= 0.3 is 5.63 Å². The van der Waals surface area contributed by atoms with Crippen LogP contribution in [0.15, 0.2) is 15.4 Å². The average molecular weight is 142 g/mol. The second-order valence-corrected chi connectivity index (χ2v) is 2.07. The van der Waals surface area contributed by atoms with Gasteiger partial charge in [-0.1, -0.05) is 0 Å². The Morgan fingerprint density at radius 3 is 2.90 bits per heavy atom. The van der Waals surface area contributed by atoms with Gasteiger partial charge in [-0.3, -0.25) is 0 Å². The number of rotatable bonds is 2. The van der Waals surface area contributed by atoms with Crippen LogP contribution >= 0.6 is 0 Å². The zero-order valence-electron chi connectivity index (χ0n) is 6.05. The number of H-pyrrole nitrogens is 1. The molecular weight excluding hydrogens is 132 g/mol. The molecule has 56 valence electrons. The Hall–Kier alpha value is -1.19. The van der Waals surface area contributed by atoms with E-state index in [1.165, 1.54) is 6.07 Å². The number of hydrogen-bond donors (Lipinski definition) is 1. The third kappa shape index (κ3) is 1.21. The minimum absolute atomic E-state index is 0.338. The van der Waals surface area contributed by atoms with E-state index < -0.39 is 0 Å². The fraction of sp³-hybridized carbons (Fsp3) is 0.500. The van der Waals surface area contributed by atoms with E-state index in [-0.39, 0.29) is 5.63 Å². The van der Waals surface area contributed by atoms with E-state index in [0.29, 0.717) is 5.82 Å². The minimum atomic E-state index is -0.338. The normalized spacial score (nSPS) is 9.80. The van der Waals surface area contributed by atoms with Crippen LogP contribution in [0.4, 0.5) is 5.82 Å². The van der Waals surface area contributed by atoms with Crippen LogP contribution in [-0.2, 0) is 0 Å². The summed E-state index contributed by atoms with van der Waals surface area (Å²) >= 11 is 0. The lowest BCUT2D eigenvalue weighted by atomic mass is 10.5. The predicted octanol–water partition coefficient (Wildman–Crippen LogP) is 0.424. The molecule has 10 heavy (non-hydrogen) atoms. The lowest BCUT2D eigenvalue weighted by Crippen LogP contribution is -2.15. The highest BCUT2D eigenvalue weighted by molar-refractivity contribution is 5.33. The van der Waals surface area contributed by atoms with Gasteiger partial charge < -0.3 is 9.42 Å². The summed E-state index contributed by atoms with van der Waals surface area (Å²) in [6.45, 7) is 2.83. The molecule has 0 saturated carbocycles. The summed E-state index contributed by atoms with van der Waals surface area (Å²) in [5.74, 6) is 0.715. The van der Waals surface area contributed by atoms with Gasteiger partial charge in [0, 0.05) is 13.6 Å². The maximum atomic E-state index is 10.5. The van der Waals surface area contributed by atoms with Gasteiger partial charge in [-0.2, -0.15) is 0 Å². The molecule has 0 amide bonds. The summed E-state index contributed by atoms with van der Waals surface area (Å²) in [4.78, 5) is 12.4. The van der Waals surface area contributed by atoms with Crippen molar-refractivity contribution in [3.8, 4) is 0 Å². The summed E-state index contributed by atoms with van der Waals surface area (Å²) in [6.07, 6.45) is 0. The van der Waals surface area contributed by atoms with Crippen LogP contribution < -0.4 is 10.5 Å². The molecule has 0 unspecified atom stereocenters. The standard InChI is InChI=1S/C6H10N2O2/c1-3-8(2)5-4-6(9)10-7-5/h4,7H,3H2,1-2H3. The zero-order valence-corrected chi connectivity index (χ0v) is 6.05. The molecule has 4 heteroatoms. The number of aromatic amines is 1. The topological polar surface area (TPSA) is 49.2 Å². The molecular formula is C6H10N2O2. The molecule has 1 heterocycles. The molecule has 0 aliphatic carbocycles. The molecule has 0 radical (unpaired) electrons. The maximum absolute atomic E-state index is 10.5. The molecule has 0 bridgehead atoms. The predicted molar refractivity (Wildman–Crippen MR) is 38.3 cm³/mol. The molecule has 0 spiro atoms. The van der Waals surface area contributed by atoms with Crippen molar-refractivity contribution in [3.63, 3.8) is 0 Å².